The van der Waals surface area contributed by atoms with Gasteiger partial charge in [-0.1, -0.05) is 0 Å². The lowest BCUT2D eigenvalue weighted by Gasteiger charge is -2.07. The highest BCUT2D eigenvalue weighted by atomic mass is 79.9. The van der Waals surface area contributed by atoms with Crippen molar-refractivity contribution in [1.29, 1.82) is 5.26 Å². The molecule has 0 saturated carbocycles. The molecule has 1 aromatic heterocycles. The van der Waals surface area contributed by atoms with Gasteiger partial charge in [-0.25, -0.2) is 12.8 Å². The maximum atomic E-state index is 13.0. The molecule has 0 aliphatic heterocycles. The highest BCUT2D eigenvalue weighted by Crippen LogP contribution is 2.28. The molecule has 0 unspecified atom stereocenters. The van der Waals surface area contributed by atoms with Crippen LogP contribution in [0.15, 0.2) is 38.3 Å². The van der Waals surface area contributed by atoms with E-state index in [0.29, 0.717) is 3.79 Å². The van der Waals surface area contributed by atoms with Crippen molar-refractivity contribution in [2.75, 3.05) is 4.72 Å². The highest BCUT2D eigenvalue weighted by molar-refractivity contribution is 9.11. The Morgan fingerprint density at radius 3 is 2.63 bits per heavy atom. The van der Waals surface area contributed by atoms with E-state index >= 15 is 0 Å². The highest BCUT2D eigenvalue weighted by Gasteiger charge is 2.18. The second kappa shape index (κ2) is 5.28. The number of thiophene rings is 1. The molecule has 98 valence electrons. The Morgan fingerprint density at radius 2 is 2.05 bits per heavy atom. The topological polar surface area (TPSA) is 70.0 Å². The summed E-state index contributed by atoms with van der Waals surface area (Å²) in [5.41, 5.74) is -0.0207. The van der Waals surface area contributed by atoms with Gasteiger partial charge in [0.1, 0.15) is 16.1 Å². The Balaban J connectivity index is 2.39. The van der Waals surface area contributed by atoms with Gasteiger partial charge in [0.2, 0.25) is 0 Å². The first kappa shape index (κ1) is 14.0. The molecule has 0 fully saturated rings. The van der Waals surface area contributed by atoms with E-state index in [1.54, 1.807) is 12.1 Å². The van der Waals surface area contributed by atoms with Gasteiger partial charge in [-0.3, -0.25) is 4.72 Å². The number of nitrogens with zero attached hydrogens (tertiary/aromatic N) is 1. The molecule has 19 heavy (non-hydrogen) atoms. The molecule has 2 aromatic rings. The third-order valence-corrected chi connectivity index (χ3v) is 5.64. The number of nitriles is 1. The number of benzene rings is 1. The molecule has 0 aliphatic rings. The molecule has 0 radical (unpaired) electrons. The summed E-state index contributed by atoms with van der Waals surface area (Å²) < 4.78 is 40.1. The predicted molar refractivity (Wildman–Crippen MR) is 73.9 cm³/mol. The zero-order chi connectivity index (χ0) is 14.0. The van der Waals surface area contributed by atoms with E-state index in [9.17, 15) is 12.8 Å². The molecule has 0 saturated heterocycles. The van der Waals surface area contributed by atoms with Crippen LogP contribution in [0, 0.1) is 17.1 Å². The molecule has 2 rings (SSSR count). The predicted octanol–water partition coefficient (Wildman–Crippen LogP) is 3.32. The van der Waals surface area contributed by atoms with Crippen molar-refractivity contribution >= 4 is 43.0 Å². The lowest BCUT2D eigenvalue weighted by atomic mass is 10.2. The molecule has 0 bridgehead atoms. The summed E-state index contributed by atoms with van der Waals surface area (Å²) >= 11 is 4.21. The number of rotatable bonds is 3. The van der Waals surface area contributed by atoms with Crippen LogP contribution in [0.5, 0.6) is 0 Å². The normalized spacial score (nSPS) is 11.0. The Morgan fingerprint density at radius 1 is 1.32 bits per heavy atom. The fourth-order valence-electron chi connectivity index (χ4n) is 1.34. The first-order chi connectivity index (χ1) is 8.92. The molecule has 0 aliphatic carbocycles. The van der Waals surface area contributed by atoms with Gasteiger partial charge < -0.3 is 0 Å². The zero-order valence-electron chi connectivity index (χ0n) is 9.22. The standard InChI is InChI=1S/C11H6BrFN2O2S2/c12-10-3-4-11(18-10)19(16,17)15-9-2-1-8(13)5-7(9)6-14/h1-5,15H. The maximum Gasteiger partial charge on any atom is 0.271 e. The third kappa shape index (κ3) is 3.12. The van der Waals surface area contributed by atoms with Gasteiger partial charge in [0.25, 0.3) is 10.0 Å². The summed E-state index contributed by atoms with van der Waals surface area (Å²) in [4.78, 5) is 0. The summed E-state index contributed by atoms with van der Waals surface area (Å²) in [6, 6.07) is 8.06. The Labute approximate surface area is 121 Å². The molecule has 8 heteroatoms. The van der Waals surface area contributed by atoms with Gasteiger partial charge in [-0.15, -0.1) is 11.3 Å². The molecule has 0 atom stereocenters. The van der Waals surface area contributed by atoms with Crippen molar-refractivity contribution < 1.29 is 12.8 Å². The molecule has 1 N–H and O–H groups in total. The number of hydrogen-bond acceptors (Lipinski definition) is 4. The number of hydrogen-bond donors (Lipinski definition) is 1. The molecule has 0 amide bonds. The van der Waals surface area contributed by atoms with E-state index < -0.39 is 15.8 Å². The average Bonchev–Trinajstić information content (AvgIpc) is 2.79. The first-order valence-electron chi connectivity index (χ1n) is 4.90. The van der Waals surface area contributed by atoms with E-state index in [2.05, 4.69) is 20.7 Å². The van der Waals surface area contributed by atoms with E-state index in [4.69, 9.17) is 5.26 Å². The SMILES string of the molecule is N#Cc1cc(F)ccc1NS(=O)(=O)c1ccc(Br)s1. The third-order valence-electron chi connectivity index (χ3n) is 2.16. The quantitative estimate of drug-likeness (QED) is 0.912. The van der Waals surface area contributed by atoms with Crippen molar-refractivity contribution in [3.63, 3.8) is 0 Å². The molecular formula is C11H6BrFN2O2S2. The average molecular weight is 361 g/mol. The first-order valence-corrected chi connectivity index (χ1v) is 7.99. The van der Waals surface area contributed by atoms with Crippen LogP contribution in [0.3, 0.4) is 0 Å². The Kier molecular flexibility index (Phi) is 3.89. The fourth-order valence-corrected chi connectivity index (χ4v) is 4.42. The lowest BCUT2D eigenvalue weighted by Crippen LogP contribution is -2.12. The van der Waals surface area contributed by atoms with Crippen molar-refractivity contribution in [2.24, 2.45) is 0 Å². The van der Waals surface area contributed by atoms with Crippen LogP contribution >= 0.6 is 27.3 Å². The van der Waals surface area contributed by atoms with Gasteiger partial charge in [0, 0.05) is 0 Å². The largest absolute Gasteiger partial charge is 0.278 e. The molecule has 1 aromatic carbocycles. The van der Waals surface area contributed by atoms with Crippen LogP contribution < -0.4 is 4.72 Å². The lowest BCUT2D eigenvalue weighted by molar-refractivity contribution is 0.603. The summed E-state index contributed by atoms with van der Waals surface area (Å²) in [5.74, 6) is -0.599. The second-order valence-electron chi connectivity index (χ2n) is 3.47. The van der Waals surface area contributed by atoms with E-state index in [-0.39, 0.29) is 15.5 Å². The minimum Gasteiger partial charge on any atom is -0.278 e. The van der Waals surface area contributed by atoms with Crippen LogP contribution in [0.2, 0.25) is 0 Å². The van der Waals surface area contributed by atoms with Gasteiger partial charge in [0.05, 0.1) is 15.0 Å². The van der Waals surface area contributed by atoms with Gasteiger partial charge >= 0.3 is 0 Å². The summed E-state index contributed by atoms with van der Waals surface area (Å²) in [6.45, 7) is 0. The van der Waals surface area contributed by atoms with Gasteiger partial charge in [-0.2, -0.15) is 5.26 Å². The molecule has 4 nitrogen and oxygen atoms in total. The smallest absolute Gasteiger partial charge is 0.271 e. The minimum absolute atomic E-state index is 0.0495. The Hall–Kier alpha value is -1.43. The van der Waals surface area contributed by atoms with E-state index in [1.165, 1.54) is 12.1 Å². The Bertz CT molecular complexity index is 765. The number of nitrogens with one attached hydrogen (secondary N) is 1. The van der Waals surface area contributed by atoms with Crippen LogP contribution in [0.4, 0.5) is 10.1 Å². The molecular weight excluding hydrogens is 355 g/mol. The second-order valence-corrected chi connectivity index (χ2v) is 7.84. The van der Waals surface area contributed by atoms with Crippen molar-refractivity contribution in [2.45, 2.75) is 4.21 Å². The van der Waals surface area contributed by atoms with E-state index in [1.807, 2.05) is 0 Å². The summed E-state index contributed by atoms with van der Waals surface area (Å²) in [5, 5.41) is 8.86. The maximum absolute atomic E-state index is 13.0. The van der Waals surface area contributed by atoms with Crippen LogP contribution in [0.25, 0.3) is 0 Å². The molecule has 0 spiro atoms. The van der Waals surface area contributed by atoms with Gasteiger partial charge in [0.15, 0.2) is 0 Å². The molecule has 1 heterocycles. The van der Waals surface area contributed by atoms with Crippen molar-refractivity contribution in [1.82, 2.24) is 0 Å². The van der Waals surface area contributed by atoms with Crippen LogP contribution in [-0.2, 0) is 10.0 Å². The van der Waals surface area contributed by atoms with Gasteiger partial charge in [-0.05, 0) is 46.3 Å². The van der Waals surface area contributed by atoms with Crippen LogP contribution in [0.1, 0.15) is 5.56 Å². The van der Waals surface area contributed by atoms with Crippen molar-refractivity contribution in [3.8, 4) is 6.07 Å². The number of anilines is 1. The number of sulfonamides is 1. The summed E-state index contributed by atoms with van der Waals surface area (Å²) in [7, 11) is -3.77. The summed E-state index contributed by atoms with van der Waals surface area (Å²) in [6.07, 6.45) is 0. The van der Waals surface area contributed by atoms with Crippen molar-refractivity contribution in [3.05, 3.63) is 45.5 Å². The van der Waals surface area contributed by atoms with E-state index in [0.717, 1.165) is 23.5 Å². The monoisotopic (exact) mass is 360 g/mol. The van der Waals surface area contributed by atoms with Crippen LogP contribution in [-0.4, -0.2) is 8.42 Å². The fraction of sp³-hybridized carbons (Fsp3) is 0. The minimum atomic E-state index is -3.77. The number of halogens is 2. The zero-order valence-corrected chi connectivity index (χ0v) is 12.4.